The van der Waals surface area contributed by atoms with Crippen molar-refractivity contribution < 1.29 is 13.9 Å². The van der Waals surface area contributed by atoms with Crippen molar-refractivity contribution in [1.29, 1.82) is 0 Å². The molecule has 0 aliphatic rings. The monoisotopic (exact) mass is 202 g/mol. The lowest BCUT2D eigenvalue weighted by molar-refractivity contribution is 0.112. The van der Waals surface area contributed by atoms with Gasteiger partial charge in [-0.1, -0.05) is 0 Å². The molecule has 3 heteroatoms. The summed E-state index contributed by atoms with van der Waals surface area (Å²) in [7, 11) is 1.59. The maximum Gasteiger partial charge on any atom is 0.150 e. The molecule has 0 fully saturated rings. The van der Waals surface area contributed by atoms with Gasteiger partial charge in [-0.15, -0.1) is 0 Å². The number of benzene rings is 1. The molecular weight excluding hydrogens is 192 g/mol. The Hall–Kier alpha value is -2.03. The lowest BCUT2D eigenvalue weighted by Crippen LogP contribution is -1.89. The van der Waals surface area contributed by atoms with E-state index in [1.807, 2.05) is 12.1 Å². The van der Waals surface area contributed by atoms with Gasteiger partial charge in [0.1, 0.15) is 5.75 Å². The first-order chi connectivity index (χ1) is 7.35. The molecule has 0 spiro atoms. The summed E-state index contributed by atoms with van der Waals surface area (Å²) in [5, 5.41) is 0. The number of ether oxygens (including phenoxy) is 1. The molecule has 1 heterocycles. The van der Waals surface area contributed by atoms with E-state index in [1.54, 1.807) is 31.8 Å². The number of carbonyl (C=O) groups is 1. The standard InChI is InChI=1S/C12H10O3/c1-14-11-3-2-9(7-13)12(6-11)10-4-5-15-8-10/h2-8H,1H3. The van der Waals surface area contributed by atoms with E-state index < -0.39 is 0 Å². The number of rotatable bonds is 3. The van der Waals surface area contributed by atoms with Crippen molar-refractivity contribution in [2.24, 2.45) is 0 Å². The van der Waals surface area contributed by atoms with Gasteiger partial charge in [-0.3, -0.25) is 4.79 Å². The summed E-state index contributed by atoms with van der Waals surface area (Å²) in [4.78, 5) is 10.9. The number of aldehydes is 1. The fraction of sp³-hybridized carbons (Fsp3) is 0.0833. The predicted molar refractivity (Wildman–Crippen MR) is 56.1 cm³/mol. The quantitative estimate of drug-likeness (QED) is 0.718. The third-order valence-corrected chi connectivity index (χ3v) is 2.22. The molecule has 2 aromatic rings. The predicted octanol–water partition coefficient (Wildman–Crippen LogP) is 2.77. The van der Waals surface area contributed by atoms with Crippen molar-refractivity contribution in [3.63, 3.8) is 0 Å². The van der Waals surface area contributed by atoms with Crippen LogP contribution in [0.1, 0.15) is 10.4 Å². The number of hydrogen-bond acceptors (Lipinski definition) is 3. The highest BCUT2D eigenvalue weighted by atomic mass is 16.5. The largest absolute Gasteiger partial charge is 0.497 e. The summed E-state index contributed by atoms with van der Waals surface area (Å²) >= 11 is 0. The number of hydrogen-bond donors (Lipinski definition) is 0. The van der Waals surface area contributed by atoms with Crippen LogP contribution in [-0.2, 0) is 0 Å². The van der Waals surface area contributed by atoms with Crippen molar-refractivity contribution in [2.75, 3.05) is 7.11 Å². The fourth-order valence-corrected chi connectivity index (χ4v) is 1.43. The number of carbonyl (C=O) groups excluding carboxylic acids is 1. The second-order valence-electron chi connectivity index (χ2n) is 3.08. The highest BCUT2D eigenvalue weighted by Crippen LogP contribution is 2.27. The lowest BCUT2D eigenvalue weighted by Gasteiger charge is -2.05. The second kappa shape index (κ2) is 4.00. The zero-order valence-electron chi connectivity index (χ0n) is 8.27. The maximum atomic E-state index is 10.9. The van der Waals surface area contributed by atoms with Gasteiger partial charge in [0.05, 0.1) is 19.6 Å². The molecule has 0 atom stereocenters. The van der Waals surface area contributed by atoms with E-state index in [1.165, 1.54) is 0 Å². The van der Waals surface area contributed by atoms with Crippen molar-refractivity contribution in [2.45, 2.75) is 0 Å². The Bertz CT molecular complexity index is 458. The van der Waals surface area contributed by atoms with Crippen molar-refractivity contribution in [1.82, 2.24) is 0 Å². The van der Waals surface area contributed by atoms with Gasteiger partial charge in [0, 0.05) is 11.1 Å². The van der Waals surface area contributed by atoms with Gasteiger partial charge >= 0.3 is 0 Å². The zero-order chi connectivity index (χ0) is 10.7. The highest BCUT2D eigenvalue weighted by Gasteiger charge is 2.07. The van der Waals surface area contributed by atoms with E-state index in [2.05, 4.69) is 0 Å². The normalized spacial score (nSPS) is 9.93. The molecule has 0 unspecified atom stereocenters. The molecule has 0 amide bonds. The molecule has 1 aromatic heterocycles. The third-order valence-electron chi connectivity index (χ3n) is 2.22. The minimum absolute atomic E-state index is 0.622. The number of methoxy groups -OCH3 is 1. The average molecular weight is 202 g/mol. The van der Waals surface area contributed by atoms with Crippen LogP contribution in [0.25, 0.3) is 11.1 Å². The second-order valence-corrected chi connectivity index (χ2v) is 3.08. The molecule has 0 bridgehead atoms. The van der Waals surface area contributed by atoms with E-state index in [-0.39, 0.29) is 0 Å². The molecule has 0 aliphatic heterocycles. The maximum absolute atomic E-state index is 10.9. The Morgan fingerprint density at radius 2 is 2.20 bits per heavy atom. The Morgan fingerprint density at radius 3 is 2.80 bits per heavy atom. The van der Waals surface area contributed by atoms with Gasteiger partial charge in [0.15, 0.2) is 6.29 Å². The van der Waals surface area contributed by atoms with Crippen LogP contribution in [0.3, 0.4) is 0 Å². The van der Waals surface area contributed by atoms with Crippen molar-refractivity contribution in [3.8, 4) is 16.9 Å². The van der Waals surface area contributed by atoms with Crippen LogP contribution < -0.4 is 4.74 Å². The van der Waals surface area contributed by atoms with Crippen LogP contribution in [0.2, 0.25) is 0 Å². The third kappa shape index (κ3) is 1.76. The highest BCUT2D eigenvalue weighted by molar-refractivity contribution is 5.87. The molecule has 0 N–H and O–H groups in total. The number of furan rings is 1. The van der Waals surface area contributed by atoms with Gasteiger partial charge in [-0.25, -0.2) is 0 Å². The van der Waals surface area contributed by atoms with Crippen molar-refractivity contribution in [3.05, 3.63) is 42.4 Å². The summed E-state index contributed by atoms with van der Waals surface area (Å²) in [5.41, 5.74) is 2.31. The molecular formula is C12H10O3. The van der Waals surface area contributed by atoms with Crippen LogP contribution >= 0.6 is 0 Å². The minimum atomic E-state index is 0.622. The van der Waals surface area contributed by atoms with E-state index in [0.29, 0.717) is 5.56 Å². The average Bonchev–Trinajstić information content (AvgIpc) is 2.81. The van der Waals surface area contributed by atoms with Crippen molar-refractivity contribution >= 4 is 6.29 Å². The molecule has 0 radical (unpaired) electrons. The van der Waals surface area contributed by atoms with Crippen LogP contribution in [0.15, 0.2) is 41.2 Å². The van der Waals surface area contributed by atoms with Gasteiger partial charge in [-0.05, 0) is 29.8 Å². The first-order valence-corrected chi connectivity index (χ1v) is 4.51. The topological polar surface area (TPSA) is 39.4 Å². The lowest BCUT2D eigenvalue weighted by atomic mass is 10.0. The molecule has 1 aromatic carbocycles. The molecule has 0 aliphatic carbocycles. The van der Waals surface area contributed by atoms with Crippen LogP contribution in [0.5, 0.6) is 5.75 Å². The van der Waals surface area contributed by atoms with Gasteiger partial charge < -0.3 is 9.15 Å². The van der Waals surface area contributed by atoms with E-state index >= 15 is 0 Å². The SMILES string of the molecule is COc1ccc(C=O)c(-c2ccoc2)c1. The van der Waals surface area contributed by atoms with E-state index in [0.717, 1.165) is 23.2 Å². The van der Waals surface area contributed by atoms with Crippen LogP contribution in [0.4, 0.5) is 0 Å². The summed E-state index contributed by atoms with van der Waals surface area (Å²) in [6.45, 7) is 0. The van der Waals surface area contributed by atoms with Gasteiger partial charge in [0.25, 0.3) is 0 Å². The minimum Gasteiger partial charge on any atom is -0.497 e. The summed E-state index contributed by atoms with van der Waals surface area (Å²) in [6, 6.07) is 7.11. The first-order valence-electron chi connectivity index (χ1n) is 4.51. The van der Waals surface area contributed by atoms with E-state index in [9.17, 15) is 4.79 Å². The molecule has 2 rings (SSSR count). The zero-order valence-corrected chi connectivity index (χ0v) is 8.27. The molecule has 0 saturated heterocycles. The fourth-order valence-electron chi connectivity index (χ4n) is 1.43. The Morgan fingerprint density at radius 1 is 1.33 bits per heavy atom. The molecule has 15 heavy (non-hydrogen) atoms. The molecule has 76 valence electrons. The van der Waals surface area contributed by atoms with Gasteiger partial charge in [-0.2, -0.15) is 0 Å². The summed E-state index contributed by atoms with van der Waals surface area (Å²) in [6.07, 6.45) is 3.99. The Labute approximate surface area is 87.3 Å². The summed E-state index contributed by atoms with van der Waals surface area (Å²) < 4.78 is 10.1. The smallest absolute Gasteiger partial charge is 0.150 e. The Balaban J connectivity index is 2.56. The Kier molecular flexibility index (Phi) is 2.54. The van der Waals surface area contributed by atoms with Gasteiger partial charge in [0.2, 0.25) is 0 Å². The van der Waals surface area contributed by atoms with Crippen LogP contribution in [0, 0.1) is 0 Å². The van der Waals surface area contributed by atoms with Crippen LogP contribution in [-0.4, -0.2) is 13.4 Å². The molecule has 3 nitrogen and oxygen atoms in total. The first kappa shape index (κ1) is 9.52. The van der Waals surface area contributed by atoms with E-state index in [4.69, 9.17) is 9.15 Å². The summed E-state index contributed by atoms with van der Waals surface area (Å²) in [5.74, 6) is 0.719. The molecule has 0 saturated carbocycles.